The van der Waals surface area contributed by atoms with Gasteiger partial charge in [-0.05, 0) is 18.1 Å². The average molecular weight is 205 g/mol. The molecule has 0 atom stereocenters. The first-order valence-corrected chi connectivity index (χ1v) is 5.04. The third-order valence-electron chi connectivity index (χ3n) is 2.59. The predicted octanol–water partition coefficient (Wildman–Crippen LogP) is 2.44. The van der Waals surface area contributed by atoms with Crippen LogP contribution in [-0.4, -0.2) is 5.79 Å². The second-order valence-corrected chi connectivity index (χ2v) is 3.84. The van der Waals surface area contributed by atoms with Crippen molar-refractivity contribution in [3.05, 3.63) is 42.4 Å². The summed E-state index contributed by atoms with van der Waals surface area (Å²) in [6.07, 6.45) is 4.79. The van der Waals surface area contributed by atoms with Crippen LogP contribution in [-0.2, 0) is 15.9 Å². The van der Waals surface area contributed by atoms with Crippen LogP contribution in [0.25, 0.3) is 0 Å². The normalized spacial score (nSPS) is 17.1. The zero-order chi connectivity index (χ0) is 10.7. The molecule has 1 aliphatic rings. The van der Waals surface area contributed by atoms with E-state index in [0.29, 0.717) is 0 Å². The van der Waals surface area contributed by atoms with Gasteiger partial charge in [-0.2, -0.15) is 0 Å². The molecule has 80 valence electrons. The van der Waals surface area contributed by atoms with Crippen molar-refractivity contribution in [2.24, 2.45) is 0 Å². The van der Waals surface area contributed by atoms with Crippen molar-refractivity contribution in [2.75, 3.05) is 5.73 Å². The third-order valence-corrected chi connectivity index (χ3v) is 2.59. The molecule has 0 saturated carbocycles. The molecule has 0 saturated heterocycles. The highest BCUT2D eigenvalue weighted by Crippen LogP contribution is 2.26. The summed E-state index contributed by atoms with van der Waals surface area (Å²) in [4.78, 5) is 0. The van der Waals surface area contributed by atoms with Gasteiger partial charge >= 0.3 is 0 Å². The van der Waals surface area contributed by atoms with Gasteiger partial charge in [-0.15, -0.1) is 0 Å². The minimum atomic E-state index is -0.526. The Balaban J connectivity index is 1.96. The van der Waals surface area contributed by atoms with E-state index >= 15 is 0 Å². The Morgan fingerprint density at radius 3 is 2.53 bits per heavy atom. The Labute approximate surface area is 89.5 Å². The van der Waals surface area contributed by atoms with Gasteiger partial charge in [0.15, 0.2) is 0 Å². The number of benzene rings is 1. The summed E-state index contributed by atoms with van der Waals surface area (Å²) in [5.41, 5.74) is 7.81. The smallest absolute Gasteiger partial charge is 0.247 e. The first kappa shape index (κ1) is 9.90. The Morgan fingerprint density at radius 1 is 1.20 bits per heavy atom. The monoisotopic (exact) mass is 205 g/mol. The van der Waals surface area contributed by atoms with Gasteiger partial charge in [0, 0.05) is 19.0 Å². The molecule has 2 rings (SSSR count). The van der Waals surface area contributed by atoms with Crippen molar-refractivity contribution in [3.8, 4) is 0 Å². The van der Waals surface area contributed by atoms with Gasteiger partial charge in [0.25, 0.3) is 0 Å². The van der Waals surface area contributed by atoms with Crippen LogP contribution in [0.2, 0.25) is 0 Å². The lowest BCUT2D eigenvalue weighted by Gasteiger charge is -2.23. The van der Waals surface area contributed by atoms with E-state index in [0.717, 1.165) is 24.1 Å². The van der Waals surface area contributed by atoms with Crippen molar-refractivity contribution < 1.29 is 9.47 Å². The first-order valence-electron chi connectivity index (χ1n) is 5.04. The number of nitrogen functional groups attached to an aromatic ring is 1. The van der Waals surface area contributed by atoms with Gasteiger partial charge in [0.2, 0.25) is 5.79 Å². The minimum absolute atomic E-state index is 0.526. The summed E-state index contributed by atoms with van der Waals surface area (Å²) < 4.78 is 10.7. The predicted molar refractivity (Wildman–Crippen MR) is 58.9 cm³/mol. The number of nitrogens with two attached hydrogens (primary N) is 1. The van der Waals surface area contributed by atoms with E-state index in [4.69, 9.17) is 15.2 Å². The maximum atomic E-state index is 5.85. The van der Waals surface area contributed by atoms with Gasteiger partial charge in [-0.3, -0.25) is 0 Å². The topological polar surface area (TPSA) is 44.5 Å². The fourth-order valence-electron chi connectivity index (χ4n) is 1.61. The lowest BCUT2D eigenvalue weighted by atomic mass is 10.0. The third kappa shape index (κ3) is 2.24. The summed E-state index contributed by atoms with van der Waals surface area (Å²) in [6.45, 7) is 1.92. The molecule has 0 spiro atoms. The highest BCUT2D eigenvalue weighted by Gasteiger charge is 2.28. The summed E-state index contributed by atoms with van der Waals surface area (Å²) in [5, 5.41) is 0. The summed E-state index contributed by atoms with van der Waals surface area (Å²) in [5.74, 6) is -0.526. The number of hydrogen-bond donors (Lipinski definition) is 1. The summed E-state index contributed by atoms with van der Waals surface area (Å²) in [6, 6.07) is 7.86. The number of anilines is 1. The molecule has 0 aromatic heterocycles. The first-order chi connectivity index (χ1) is 7.20. The molecule has 0 bridgehead atoms. The molecule has 0 amide bonds. The number of rotatable bonds is 3. The maximum Gasteiger partial charge on any atom is 0.247 e. The second kappa shape index (κ2) is 3.85. The fourth-order valence-corrected chi connectivity index (χ4v) is 1.61. The lowest BCUT2D eigenvalue weighted by Crippen LogP contribution is -2.26. The van der Waals surface area contributed by atoms with Gasteiger partial charge in [0.05, 0.1) is 0 Å². The van der Waals surface area contributed by atoms with Gasteiger partial charge in [-0.1, -0.05) is 18.2 Å². The molecule has 1 aromatic carbocycles. The number of aryl methyl sites for hydroxylation is 1. The van der Waals surface area contributed by atoms with E-state index in [1.54, 1.807) is 12.5 Å². The SMILES string of the molecule is CC1(CCc2ccccc2N)OC=CO1. The van der Waals surface area contributed by atoms with Crippen molar-refractivity contribution >= 4 is 5.69 Å². The summed E-state index contributed by atoms with van der Waals surface area (Å²) in [7, 11) is 0. The quantitative estimate of drug-likeness (QED) is 0.771. The molecule has 15 heavy (non-hydrogen) atoms. The maximum absolute atomic E-state index is 5.85. The molecule has 0 fully saturated rings. The van der Waals surface area contributed by atoms with Crippen LogP contribution in [0.4, 0.5) is 5.69 Å². The summed E-state index contributed by atoms with van der Waals surface area (Å²) >= 11 is 0. The van der Waals surface area contributed by atoms with Crippen LogP contribution >= 0.6 is 0 Å². The van der Waals surface area contributed by atoms with E-state index in [9.17, 15) is 0 Å². The fraction of sp³-hybridized carbons (Fsp3) is 0.333. The van der Waals surface area contributed by atoms with Crippen LogP contribution in [0, 0.1) is 0 Å². The molecular weight excluding hydrogens is 190 g/mol. The van der Waals surface area contributed by atoms with E-state index < -0.39 is 5.79 Å². The van der Waals surface area contributed by atoms with E-state index in [1.165, 1.54) is 0 Å². The molecule has 2 N–H and O–H groups in total. The highest BCUT2D eigenvalue weighted by molar-refractivity contribution is 5.46. The van der Waals surface area contributed by atoms with Crippen molar-refractivity contribution in [3.63, 3.8) is 0 Å². The molecule has 0 radical (unpaired) electrons. The molecule has 0 aliphatic carbocycles. The second-order valence-electron chi connectivity index (χ2n) is 3.84. The number of para-hydroxylation sites is 1. The Bertz CT molecular complexity index is 366. The van der Waals surface area contributed by atoms with Gasteiger partial charge < -0.3 is 15.2 Å². The van der Waals surface area contributed by atoms with Crippen LogP contribution in [0.15, 0.2) is 36.8 Å². The van der Waals surface area contributed by atoms with Crippen LogP contribution in [0.5, 0.6) is 0 Å². The molecule has 3 heteroatoms. The zero-order valence-electron chi connectivity index (χ0n) is 8.77. The highest BCUT2D eigenvalue weighted by atomic mass is 16.7. The van der Waals surface area contributed by atoms with E-state index in [1.807, 2.05) is 31.2 Å². The van der Waals surface area contributed by atoms with Crippen molar-refractivity contribution in [1.29, 1.82) is 0 Å². The van der Waals surface area contributed by atoms with Crippen molar-refractivity contribution in [1.82, 2.24) is 0 Å². The van der Waals surface area contributed by atoms with Crippen LogP contribution < -0.4 is 5.73 Å². The van der Waals surface area contributed by atoms with Gasteiger partial charge in [-0.25, -0.2) is 0 Å². The molecule has 1 aliphatic heterocycles. The standard InChI is InChI=1S/C12H15NO2/c1-12(14-8-9-15-12)7-6-10-4-2-3-5-11(10)13/h2-5,8-9H,6-7,13H2,1H3. The lowest BCUT2D eigenvalue weighted by molar-refractivity contribution is -0.130. The number of hydrogen-bond acceptors (Lipinski definition) is 3. The molecule has 1 heterocycles. The van der Waals surface area contributed by atoms with Crippen molar-refractivity contribution in [2.45, 2.75) is 25.6 Å². The number of ether oxygens (including phenoxy) is 2. The van der Waals surface area contributed by atoms with Crippen LogP contribution in [0.1, 0.15) is 18.9 Å². The molecule has 0 unspecified atom stereocenters. The molecular formula is C12H15NO2. The zero-order valence-corrected chi connectivity index (χ0v) is 8.77. The van der Waals surface area contributed by atoms with Gasteiger partial charge in [0.1, 0.15) is 12.5 Å². The van der Waals surface area contributed by atoms with Crippen LogP contribution in [0.3, 0.4) is 0 Å². The largest absolute Gasteiger partial charge is 0.457 e. The van der Waals surface area contributed by atoms with E-state index in [-0.39, 0.29) is 0 Å². The Kier molecular flexibility index (Phi) is 2.54. The minimum Gasteiger partial charge on any atom is -0.457 e. The Morgan fingerprint density at radius 2 is 1.87 bits per heavy atom. The molecule has 1 aromatic rings. The Hall–Kier alpha value is -1.64. The van der Waals surface area contributed by atoms with E-state index in [2.05, 4.69) is 0 Å². The average Bonchev–Trinajstić information content (AvgIpc) is 2.65. The molecule has 3 nitrogen and oxygen atoms in total.